The first-order chi connectivity index (χ1) is 7.98. The maximum Gasteiger partial charge on any atom is 0.122 e. The lowest BCUT2D eigenvalue weighted by Gasteiger charge is -2.24. The van der Waals surface area contributed by atoms with Gasteiger partial charge >= 0.3 is 0 Å². The summed E-state index contributed by atoms with van der Waals surface area (Å²) in [7, 11) is 1.64. The van der Waals surface area contributed by atoms with E-state index in [-0.39, 0.29) is 0 Å². The van der Waals surface area contributed by atoms with Crippen LogP contribution in [0, 0.1) is 0 Å². The third kappa shape index (κ3) is 4.52. The van der Waals surface area contributed by atoms with Crippen LogP contribution in [0.2, 0.25) is 0 Å². The predicted molar refractivity (Wildman–Crippen MR) is 74.5 cm³/mol. The molecular formula is C14H19BrO2. The number of methoxy groups -OCH3 is 1. The van der Waals surface area contributed by atoms with Crippen LogP contribution in [0.4, 0.5) is 0 Å². The van der Waals surface area contributed by atoms with Crippen LogP contribution < -0.4 is 4.74 Å². The van der Waals surface area contributed by atoms with Crippen molar-refractivity contribution < 1.29 is 9.84 Å². The summed E-state index contributed by atoms with van der Waals surface area (Å²) in [5, 5.41) is 10.3. The van der Waals surface area contributed by atoms with Crippen LogP contribution in [0.15, 0.2) is 35.3 Å². The molecule has 1 aromatic rings. The molecule has 0 aromatic heterocycles. The van der Waals surface area contributed by atoms with E-state index >= 15 is 0 Å². The zero-order valence-electron chi connectivity index (χ0n) is 10.4. The summed E-state index contributed by atoms with van der Waals surface area (Å²) in [4.78, 5) is 0. The van der Waals surface area contributed by atoms with Crippen LogP contribution in [0.25, 0.3) is 0 Å². The van der Waals surface area contributed by atoms with Crippen LogP contribution >= 0.6 is 15.9 Å². The minimum absolute atomic E-state index is 0.573. The molecule has 0 bridgehead atoms. The average molecular weight is 299 g/mol. The molecule has 17 heavy (non-hydrogen) atoms. The monoisotopic (exact) mass is 298 g/mol. The van der Waals surface area contributed by atoms with Gasteiger partial charge in [-0.2, -0.15) is 0 Å². The van der Waals surface area contributed by atoms with Gasteiger partial charge in [-0.3, -0.25) is 0 Å². The third-order valence-corrected chi connectivity index (χ3v) is 3.19. The number of hydrogen-bond acceptors (Lipinski definition) is 2. The Balaban J connectivity index is 2.85. The molecule has 0 aliphatic heterocycles. The number of rotatable bonds is 6. The van der Waals surface area contributed by atoms with Gasteiger partial charge in [0.15, 0.2) is 0 Å². The lowest BCUT2D eigenvalue weighted by molar-refractivity contribution is 0.0517. The molecule has 1 aromatic carbocycles. The predicted octanol–water partition coefficient (Wildman–Crippen LogP) is 3.72. The highest BCUT2D eigenvalue weighted by atomic mass is 79.9. The first-order valence-electron chi connectivity index (χ1n) is 5.64. The molecule has 2 nitrogen and oxygen atoms in total. The molecule has 0 saturated heterocycles. The molecule has 1 atom stereocenters. The number of hydrogen-bond donors (Lipinski definition) is 1. The number of allylic oxidation sites excluding steroid dienone is 1. The molecule has 1 rings (SSSR count). The van der Waals surface area contributed by atoms with Gasteiger partial charge < -0.3 is 9.84 Å². The molecular weight excluding hydrogens is 280 g/mol. The second-order valence-corrected chi connectivity index (χ2v) is 5.37. The summed E-state index contributed by atoms with van der Waals surface area (Å²) < 4.78 is 6.29. The second-order valence-electron chi connectivity index (χ2n) is 4.46. The molecule has 1 N–H and O–H groups in total. The maximum absolute atomic E-state index is 10.3. The minimum Gasteiger partial charge on any atom is -0.496 e. The van der Waals surface area contributed by atoms with Crippen molar-refractivity contribution in [2.45, 2.75) is 31.8 Å². The van der Waals surface area contributed by atoms with E-state index in [0.717, 1.165) is 22.2 Å². The summed E-state index contributed by atoms with van der Waals surface area (Å²) in [6.07, 6.45) is 3.91. The lowest BCUT2D eigenvalue weighted by Crippen LogP contribution is -2.27. The fourth-order valence-corrected chi connectivity index (χ4v) is 2.21. The second kappa shape index (κ2) is 6.22. The van der Waals surface area contributed by atoms with Gasteiger partial charge in [0.05, 0.1) is 12.7 Å². The van der Waals surface area contributed by atoms with Crippen molar-refractivity contribution in [2.24, 2.45) is 0 Å². The Morgan fingerprint density at radius 2 is 2.24 bits per heavy atom. The fraction of sp³-hybridized carbons (Fsp3) is 0.429. The SMILES string of the molecule is C=CCCC(C)(O)Cc1cc(Br)ccc1OC. The van der Waals surface area contributed by atoms with Gasteiger partial charge in [-0.05, 0) is 43.5 Å². The van der Waals surface area contributed by atoms with Crippen molar-refractivity contribution in [1.29, 1.82) is 0 Å². The van der Waals surface area contributed by atoms with Gasteiger partial charge in [-0.1, -0.05) is 22.0 Å². The normalized spacial score (nSPS) is 14.1. The van der Waals surface area contributed by atoms with E-state index in [2.05, 4.69) is 22.5 Å². The van der Waals surface area contributed by atoms with Crippen LogP contribution in [0.5, 0.6) is 5.75 Å². The Kier molecular flexibility index (Phi) is 5.22. The van der Waals surface area contributed by atoms with E-state index in [1.807, 2.05) is 31.2 Å². The summed E-state index contributed by atoms with van der Waals surface area (Å²) in [6, 6.07) is 5.82. The number of aliphatic hydroxyl groups is 1. The van der Waals surface area contributed by atoms with Gasteiger partial charge in [0.1, 0.15) is 5.75 Å². The number of benzene rings is 1. The molecule has 0 amide bonds. The average Bonchev–Trinajstić information content (AvgIpc) is 2.26. The molecule has 0 spiro atoms. The Morgan fingerprint density at radius 1 is 1.53 bits per heavy atom. The van der Waals surface area contributed by atoms with Crippen molar-refractivity contribution in [2.75, 3.05) is 7.11 Å². The summed E-state index contributed by atoms with van der Waals surface area (Å²) >= 11 is 3.43. The van der Waals surface area contributed by atoms with E-state index in [9.17, 15) is 5.11 Å². The highest BCUT2D eigenvalue weighted by molar-refractivity contribution is 9.10. The van der Waals surface area contributed by atoms with Gasteiger partial charge in [0, 0.05) is 10.9 Å². The van der Waals surface area contributed by atoms with Crippen molar-refractivity contribution in [1.82, 2.24) is 0 Å². The van der Waals surface area contributed by atoms with Gasteiger partial charge in [0.25, 0.3) is 0 Å². The number of ether oxygens (including phenoxy) is 1. The summed E-state index contributed by atoms with van der Waals surface area (Å²) in [5.41, 5.74) is 0.276. The van der Waals surface area contributed by atoms with Crippen LogP contribution in [-0.4, -0.2) is 17.8 Å². The van der Waals surface area contributed by atoms with E-state index in [1.165, 1.54) is 0 Å². The van der Waals surface area contributed by atoms with Gasteiger partial charge in [0.2, 0.25) is 0 Å². The molecule has 0 saturated carbocycles. The van der Waals surface area contributed by atoms with Crippen molar-refractivity contribution in [3.8, 4) is 5.75 Å². The first kappa shape index (κ1) is 14.3. The van der Waals surface area contributed by atoms with Crippen LogP contribution in [0.1, 0.15) is 25.3 Å². The molecule has 0 fully saturated rings. The molecule has 0 radical (unpaired) electrons. The minimum atomic E-state index is -0.734. The largest absolute Gasteiger partial charge is 0.496 e. The van der Waals surface area contributed by atoms with Gasteiger partial charge in [-0.15, -0.1) is 6.58 Å². The van der Waals surface area contributed by atoms with Crippen molar-refractivity contribution >= 4 is 15.9 Å². The van der Waals surface area contributed by atoms with Crippen molar-refractivity contribution in [3.63, 3.8) is 0 Å². The Morgan fingerprint density at radius 3 is 2.82 bits per heavy atom. The van der Waals surface area contributed by atoms with E-state index in [0.29, 0.717) is 12.8 Å². The zero-order valence-corrected chi connectivity index (χ0v) is 12.0. The molecule has 0 aliphatic carbocycles. The highest BCUT2D eigenvalue weighted by Gasteiger charge is 2.21. The van der Waals surface area contributed by atoms with Crippen molar-refractivity contribution in [3.05, 3.63) is 40.9 Å². The van der Waals surface area contributed by atoms with Crippen LogP contribution in [-0.2, 0) is 6.42 Å². The van der Waals surface area contributed by atoms with Crippen LogP contribution in [0.3, 0.4) is 0 Å². The maximum atomic E-state index is 10.3. The van der Waals surface area contributed by atoms with Gasteiger partial charge in [-0.25, -0.2) is 0 Å². The Bertz CT molecular complexity index is 386. The summed E-state index contributed by atoms with van der Waals surface area (Å²) in [6.45, 7) is 5.52. The molecule has 3 heteroatoms. The fourth-order valence-electron chi connectivity index (χ4n) is 1.80. The quantitative estimate of drug-likeness (QED) is 0.811. The molecule has 94 valence electrons. The zero-order chi connectivity index (χ0) is 12.9. The smallest absolute Gasteiger partial charge is 0.122 e. The van der Waals surface area contributed by atoms with E-state index in [1.54, 1.807) is 7.11 Å². The Hall–Kier alpha value is -0.800. The van der Waals surface area contributed by atoms with E-state index in [4.69, 9.17) is 4.74 Å². The molecule has 1 unspecified atom stereocenters. The topological polar surface area (TPSA) is 29.5 Å². The van der Waals surface area contributed by atoms with E-state index < -0.39 is 5.60 Å². The number of halogens is 1. The standard InChI is InChI=1S/C14H19BrO2/c1-4-5-8-14(2,16)10-11-9-12(15)6-7-13(11)17-3/h4,6-7,9,16H,1,5,8,10H2,2-3H3. The lowest BCUT2D eigenvalue weighted by atomic mass is 9.91. The summed E-state index contributed by atoms with van der Waals surface area (Å²) in [5.74, 6) is 0.812. The highest BCUT2D eigenvalue weighted by Crippen LogP contribution is 2.28. The third-order valence-electron chi connectivity index (χ3n) is 2.70. The molecule has 0 heterocycles. The Labute approximate surface area is 111 Å². The molecule has 0 aliphatic rings. The first-order valence-corrected chi connectivity index (χ1v) is 6.43.